The number of fused-ring (bicyclic) bond motifs is 2. The van der Waals surface area contributed by atoms with E-state index >= 15 is 0 Å². The summed E-state index contributed by atoms with van der Waals surface area (Å²) in [5.41, 5.74) is 4.26. The van der Waals surface area contributed by atoms with Gasteiger partial charge in [-0.2, -0.15) is 10.2 Å². The molecule has 3 aliphatic heterocycles. The summed E-state index contributed by atoms with van der Waals surface area (Å²) in [5.74, 6) is 0.617. The Morgan fingerprint density at radius 1 is 0.759 bits per heavy atom. The maximum absolute atomic E-state index is 11.8. The molecule has 2 aromatic heterocycles. The molecule has 20 heteroatoms. The van der Waals surface area contributed by atoms with Gasteiger partial charge < -0.3 is 4.74 Å². The van der Waals surface area contributed by atoms with E-state index in [1.165, 1.54) is 31.3 Å². The van der Waals surface area contributed by atoms with Crippen LogP contribution >= 0.6 is 34.8 Å². The van der Waals surface area contributed by atoms with Gasteiger partial charge in [0.15, 0.2) is 16.1 Å². The van der Waals surface area contributed by atoms with Crippen LogP contribution in [0.4, 0.5) is 0 Å². The van der Waals surface area contributed by atoms with E-state index in [4.69, 9.17) is 27.9 Å². The molecule has 0 radical (unpaired) electrons. The van der Waals surface area contributed by atoms with Gasteiger partial charge in [0.05, 0.1) is 40.7 Å². The van der Waals surface area contributed by atoms with E-state index in [2.05, 4.69) is 26.9 Å². The average molecular weight is 926 g/mol. The number of hydrogen-bond acceptors (Lipinski definition) is 10. The lowest BCUT2D eigenvalue weighted by atomic mass is 9.88. The van der Waals surface area contributed by atoms with Crippen molar-refractivity contribution in [1.82, 2.24) is 28.6 Å². The molecule has 3 saturated heterocycles. The summed E-state index contributed by atoms with van der Waals surface area (Å²) in [6.45, 7) is 9.34. The van der Waals surface area contributed by atoms with Crippen LogP contribution in [-0.4, -0.2) is 115 Å². The molecule has 14 nitrogen and oxygen atoms in total. The third-order valence-corrected chi connectivity index (χ3v) is 15.8. The molecule has 5 heterocycles. The number of nitrogens with zero attached hydrogens (tertiary/aromatic N) is 5. The molecule has 0 spiro atoms. The highest BCUT2D eigenvalue weighted by atomic mass is 35.5. The first-order valence-electron chi connectivity index (χ1n) is 19.0. The molecule has 0 bridgehead atoms. The number of rotatable bonds is 5. The molecule has 3 aliphatic rings. The SMILES string of the molecule is CC(=O)Cl.CC(C)(C)S(C)(=O)=O.CS(=O)(=O)N1CCC(c2cc(Cl)cc3[nH]ncc23)CC1.CS(=O)(=O)N1CCC(c2cc(Cl)cc3c2cnn3C2CCCCO2)CC1. The Hall–Kier alpha value is -2.35. The number of sulfone groups is 1. The maximum atomic E-state index is 11.8. The minimum absolute atomic E-state index is 0.0281. The van der Waals surface area contributed by atoms with Crippen molar-refractivity contribution in [2.45, 2.75) is 95.5 Å². The van der Waals surface area contributed by atoms with Gasteiger partial charge in [0.2, 0.25) is 25.3 Å². The van der Waals surface area contributed by atoms with Gasteiger partial charge in [0, 0.05) is 66.8 Å². The van der Waals surface area contributed by atoms with Gasteiger partial charge in [-0.15, -0.1) is 0 Å². The summed E-state index contributed by atoms with van der Waals surface area (Å²) in [7, 11) is -9.04. The lowest BCUT2D eigenvalue weighted by molar-refractivity contribution is -0.109. The van der Waals surface area contributed by atoms with E-state index in [-0.39, 0.29) is 11.5 Å². The van der Waals surface area contributed by atoms with Crippen LogP contribution in [0, 0.1) is 0 Å². The van der Waals surface area contributed by atoms with Gasteiger partial charge in [-0.25, -0.2) is 38.5 Å². The van der Waals surface area contributed by atoms with E-state index in [9.17, 15) is 30.0 Å². The van der Waals surface area contributed by atoms with Crippen LogP contribution in [-0.2, 0) is 39.4 Å². The molecular weight excluding hydrogens is 871 g/mol. The zero-order valence-electron chi connectivity index (χ0n) is 34.0. The second-order valence-corrected chi connectivity index (χ2v) is 24.0. The minimum atomic E-state index is -3.12. The van der Waals surface area contributed by atoms with Crippen molar-refractivity contribution in [1.29, 1.82) is 0 Å². The lowest BCUT2D eigenvalue weighted by Gasteiger charge is -2.31. The molecule has 1 N–H and O–H groups in total. The predicted molar refractivity (Wildman–Crippen MR) is 233 cm³/mol. The first-order chi connectivity index (χ1) is 26.9. The Labute approximate surface area is 357 Å². The highest BCUT2D eigenvalue weighted by Crippen LogP contribution is 2.38. The van der Waals surface area contributed by atoms with Crippen molar-refractivity contribution in [2.75, 3.05) is 51.6 Å². The summed E-state index contributed by atoms with van der Waals surface area (Å²) < 4.78 is 78.3. The number of H-pyrrole nitrogens is 1. The number of benzene rings is 2. The monoisotopic (exact) mass is 924 g/mol. The highest BCUT2D eigenvalue weighted by Gasteiger charge is 2.29. The van der Waals surface area contributed by atoms with Crippen molar-refractivity contribution >= 4 is 91.7 Å². The third-order valence-electron chi connectivity index (χ3n) is 10.5. The topological polar surface area (TPSA) is 182 Å². The fourth-order valence-electron chi connectivity index (χ4n) is 7.00. The Morgan fingerprint density at radius 3 is 1.66 bits per heavy atom. The number of ether oxygens (including phenoxy) is 1. The van der Waals surface area contributed by atoms with Crippen LogP contribution in [0.1, 0.15) is 102 Å². The molecule has 4 aromatic rings. The van der Waals surface area contributed by atoms with Crippen molar-refractivity contribution in [3.63, 3.8) is 0 Å². The molecule has 0 aliphatic carbocycles. The zero-order chi connectivity index (χ0) is 43.2. The van der Waals surface area contributed by atoms with Crippen LogP contribution < -0.4 is 0 Å². The van der Waals surface area contributed by atoms with Crippen molar-refractivity contribution in [3.05, 3.63) is 57.8 Å². The zero-order valence-corrected chi connectivity index (χ0v) is 38.8. The fourth-order valence-corrected chi connectivity index (χ4v) is 9.19. The van der Waals surface area contributed by atoms with E-state index in [1.54, 1.807) is 29.4 Å². The number of sulfonamides is 2. The number of hydrogen-bond donors (Lipinski definition) is 1. The van der Waals surface area contributed by atoms with Crippen LogP contribution in [0.2, 0.25) is 10.0 Å². The van der Waals surface area contributed by atoms with Gasteiger partial charge in [-0.3, -0.25) is 9.89 Å². The number of halogens is 3. The summed E-state index contributed by atoms with van der Waals surface area (Å²) >= 11 is 17.2. The number of nitrogens with one attached hydrogen (secondary N) is 1. The smallest absolute Gasteiger partial charge is 0.218 e. The minimum Gasteiger partial charge on any atom is -0.356 e. The molecule has 1 atom stereocenters. The largest absolute Gasteiger partial charge is 0.356 e. The van der Waals surface area contributed by atoms with Crippen LogP contribution in [0.15, 0.2) is 36.7 Å². The fraction of sp³-hybridized carbons (Fsp3) is 0.605. The summed E-state index contributed by atoms with van der Waals surface area (Å²) in [5, 5.41) is 14.8. The van der Waals surface area contributed by atoms with Crippen molar-refractivity contribution < 1.29 is 34.8 Å². The Morgan fingerprint density at radius 2 is 1.22 bits per heavy atom. The van der Waals surface area contributed by atoms with Crippen molar-refractivity contribution in [2.24, 2.45) is 0 Å². The van der Waals surface area contributed by atoms with Gasteiger partial charge in [-0.05, 0) is 125 Å². The Balaban J connectivity index is 0.000000205. The van der Waals surface area contributed by atoms with Gasteiger partial charge in [0.1, 0.15) is 0 Å². The Kier molecular flexibility index (Phi) is 16.7. The molecule has 1 unspecified atom stereocenters. The van der Waals surface area contributed by atoms with Gasteiger partial charge >= 0.3 is 0 Å². The molecule has 2 aromatic carbocycles. The average Bonchev–Trinajstić information content (AvgIpc) is 3.78. The number of aromatic amines is 1. The maximum Gasteiger partial charge on any atom is 0.218 e. The molecule has 58 heavy (non-hydrogen) atoms. The number of piperidine rings is 2. The second kappa shape index (κ2) is 20.0. The molecule has 0 saturated carbocycles. The number of carbonyl (C=O) groups excluding carboxylic acids is 1. The van der Waals surface area contributed by atoms with E-state index < -0.39 is 34.6 Å². The second-order valence-electron chi connectivity index (χ2n) is 15.9. The van der Waals surface area contributed by atoms with Crippen LogP contribution in [0.3, 0.4) is 0 Å². The van der Waals surface area contributed by atoms with Crippen LogP contribution in [0.5, 0.6) is 0 Å². The quantitative estimate of drug-likeness (QED) is 0.197. The summed E-state index contributed by atoms with van der Waals surface area (Å²) in [6, 6.07) is 7.80. The van der Waals surface area contributed by atoms with Crippen LogP contribution in [0.25, 0.3) is 21.8 Å². The molecule has 0 amide bonds. The number of carbonyl (C=O) groups is 1. The van der Waals surface area contributed by atoms with Gasteiger partial charge in [-0.1, -0.05) is 23.2 Å². The standard InChI is InChI=1S/C18H24ClN3O3S.C13H16ClN3O2S.C5H12O2S.C2H3ClO/c1-26(23,24)21-7-5-13(6-8-21)15-10-14(19)11-17-16(15)12-20-22(17)18-4-2-3-9-25-18;1-20(18,19)17-4-2-9(3-5-17)11-6-10(14)7-13-12(11)8-15-16-13;1-5(2,3)8(4,6)7;1-2(3)4/h10-13,18H,2-9H2,1H3;6-9H,2-5H2,1H3,(H,15,16);1-4H3;1H3. The molecule has 7 rings (SSSR count). The molecule has 324 valence electrons. The lowest BCUT2D eigenvalue weighted by Crippen LogP contribution is -2.37. The van der Waals surface area contributed by atoms with Crippen molar-refractivity contribution in [3.8, 4) is 0 Å². The normalized spacial score (nSPS) is 19.4. The molecular formula is C38H55Cl3N6O8S3. The van der Waals surface area contributed by atoms with E-state index in [0.717, 1.165) is 78.9 Å². The third kappa shape index (κ3) is 13.3. The highest BCUT2D eigenvalue weighted by molar-refractivity contribution is 7.92. The Bertz CT molecular complexity index is 2360. The van der Waals surface area contributed by atoms with E-state index in [0.29, 0.717) is 48.1 Å². The molecule has 3 fully saturated rings. The van der Waals surface area contributed by atoms with Gasteiger partial charge in [0.25, 0.3) is 0 Å². The predicted octanol–water partition coefficient (Wildman–Crippen LogP) is 7.48. The number of aromatic nitrogens is 4. The summed E-state index contributed by atoms with van der Waals surface area (Å²) in [4.78, 5) is 9.21. The first kappa shape index (κ1) is 48.3. The first-order valence-corrected chi connectivity index (χ1v) is 25.8. The summed E-state index contributed by atoms with van der Waals surface area (Å²) in [6.07, 6.45) is 13.9. The van der Waals surface area contributed by atoms with E-state index in [1.807, 2.05) is 41.3 Å².